The molecule has 0 saturated carbocycles. The fourth-order valence-electron chi connectivity index (χ4n) is 2.17. The van der Waals surface area contributed by atoms with E-state index in [2.05, 4.69) is 31.9 Å². The molecule has 0 aromatic heterocycles. The first kappa shape index (κ1) is 19.6. The van der Waals surface area contributed by atoms with Gasteiger partial charge in [0.15, 0.2) is 11.5 Å². The van der Waals surface area contributed by atoms with Crippen molar-refractivity contribution in [1.29, 1.82) is 0 Å². The molecule has 0 unspecified atom stereocenters. The maximum Gasteiger partial charge on any atom is 0.318 e. The molecule has 0 heterocycles. The number of amides is 3. The van der Waals surface area contributed by atoms with E-state index in [-0.39, 0.29) is 11.9 Å². The second kappa shape index (κ2) is 9.10. The first-order chi connectivity index (χ1) is 12.5. The SMILES string of the molecule is CCOc1c(Br)cc(C(=O)Nc2ccc(NC(=O)NC)cc2)cc1OC. The third-order valence-electron chi connectivity index (χ3n) is 3.41. The normalized spacial score (nSPS) is 10.0. The van der Waals surface area contributed by atoms with Gasteiger partial charge in [0, 0.05) is 24.0 Å². The fourth-order valence-corrected chi connectivity index (χ4v) is 2.73. The smallest absolute Gasteiger partial charge is 0.318 e. The van der Waals surface area contributed by atoms with Crippen molar-refractivity contribution in [2.45, 2.75) is 6.92 Å². The molecule has 138 valence electrons. The minimum atomic E-state index is -0.312. The summed E-state index contributed by atoms with van der Waals surface area (Å²) in [6.45, 7) is 2.35. The van der Waals surface area contributed by atoms with Gasteiger partial charge in [-0.1, -0.05) is 0 Å². The van der Waals surface area contributed by atoms with Gasteiger partial charge in [0.25, 0.3) is 5.91 Å². The minimum Gasteiger partial charge on any atom is -0.493 e. The van der Waals surface area contributed by atoms with E-state index in [0.29, 0.717) is 39.5 Å². The van der Waals surface area contributed by atoms with Crippen LogP contribution in [0.5, 0.6) is 11.5 Å². The molecule has 0 aliphatic heterocycles. The Morgan fingerprint density at radius 1 is 1.08 bits per heavy atom. The van der Waals surface area contributed by atoms with Crippen LogP contribution in [0.25, 0.3) is 0 Å². The molecule has 0 fully saturated rings. The molecular weight excluding hydrogens is 402 g/mol. The van der Waals surface area contributed by atoms with Crippen LogP contribution in [-0.2, 0) is 0 Å². The van der Waals surface area contributed by atoms with Gasteiger partial charge in [-0.3, -0.25) is 4.79 Å². The van der Waals surface area contributed by atoms with E-state index in [9.17, 15) is 9.59 Å². The Labute approximate surface area is 160 Å². The highest BCUT2D eigenvalue weighted by Crippen LogP contribution is 2.36. The quantitative estimate of drug-likeness (QED) is 0.660. The van der Waals surface area contributed by atoms with Gasteiger partial charge in [-0.15, -0.1) is 0 Å². The summed E-state index contributed by atoms with van der Waals surface area (Å²) in [7, 11) is 3.05. The van der Waals surface area contributed by atoms with E-state index in [0.717, 1.165) is 0 Å². The number of nitrogens with one attached hydrogen (secondary N) is 3. The van der Waals surface area contributed by atoms with Gasteiger partial charge in [-0.25, -0.2) is 4.79 Å². The molecule has 2 rings (SSSR count). The maximum atomic E-state index is 12.5. The van der Waals surface area contributed by atoms with Crippen molar-refractivity contribution in [3.63, 3.8) is 0 Å². The van der Waals surface area contributed by atoms with E-state index >= 15 is 0 Å². The first-order valence-corrected chi connectivity index (χ1v) is 8.68. The Morgan fingerprint density at radius 3 is 2.23 bits per heavy atom. The number of ether oxygens (including phenoxy) is 2. The number of carbonyl (C=O) groups is 2. The molecule has 3 amide bonds. The van der Waals surface area contributed by atoms with Crippen LogP contribution in [0, 0.1) is 0 Å². The monoisotopic (exact) mass is 421 g/mol. The summed E-state index contributed by atoms with van der Waals surface area (Å²) in [6, 6.07) is 9.76. The summed E-state index contributed by atoms with van der Waals surface area (Å²) < 4.78 is 11.5. The zero-order chi connectivity index (χ0) is 19.1. The van der Waals surface area contributed by atoms with E-state index in [1.54, 1.807) is 36.4 Å². The van der Waals surface area contributed by atoms with Crippen molar-refractivity contribution in [3.05, 3.63) is 46.4 Å². The van der Waals surface area contributed by atoms with Gasteiger partial charge in [0.1, 0.15) is 0 Å². The minimum absolute atomic E-state index is 0.293. The molecule has 2 aromatic carbocycles. The molecular formula is C18H20BrN3O4. The predicted octanol–water partition coefficient (Wildman–Crippen LogP) is 3.86. The van der Waals surface area contributed by atoms with Crippen LogP contribution in [0.4, 0.5) is 16.2 Å². The van der Waals surface area contributed by atoms with Gasteiger partial charge < -0.3 is 25.4 Å². The summed E-state index contributed by atoms with van der Waals surface area (Å²) in [5.41, 5.74) is 1.64. The average Bonchev–Trinajstić information content (AvgIpc) is 2.64. The number of hydrogen-bond acceptors (Lipinski definition) is 4. The van der Waals surface area contributed by atoms with E-state index in [1.165, 1.54) is 14.2 Å². The number of methoxy groups -OCH3 is 1. The number of halogens is 1. The molecule has 0 atom stereocenters. The van der Waals surface area contributed by atoms with Crippen LogP contribution < -0.4 is 25.4 Å². The summed E-state index contributed by atoms with van der Waals surface area (Å²) in [4.78, 5) is 23.8. The Balaban J connectivity index is 2.14. The zero-order valence-electron chi connectivity index (χ0n) is 14.7. The van der Waals surface area contributed by atoms with Crippen molar-refractivity contribution in [2.24, 2.45) is 0 Å². The summed E-state index contributed by atoms with van der Waals surface area (Å²) in [6.07, 6.45) is 0. The topological polar surface area (TPSA) is 88.7 Å². The standard InChI is InChI=1S/C18H20BrN3O4/c1-4-26-16-14(19)9-11(10-15(16)25-3)17(23)21-12-5-7-13(8-6-12)22-18(24)20-2/h5-10H,4H2,1-3H3,(H,21,23)(H2,20,22,24). The highest BCUT2D eigenvalue weighted by molar-refractivity contribution is 9.10. The molecule has 8 heteroatoms. The average molecular weight is 422 g/mol. The number of hydrogen-bond donors (Lipinski definition) is 3. The molecule has 7 nitrogen and oxygen atoms in total. The van der Waals surface area contributed by atoms with Crippen molar-refractivity contribution >= 4 is 39.2 Å². The Kier molecular flexibility index (Phi) is 6.85. The van der Waals surface area contributed by atoms with Crippen molar-refractivity contribution < 1.29 is 19.1 Å². The first-order valence-electron chi connectivity index (χ1n) is 7.89. The Morgan fingerprint density at radius 2 is 1.69 bits per heavy atom. The predicted molar refractivity (Wildman–Crippen MR) is 104 cm³/mol. The van der Waals surface area contributed by atoms with Crippen LogP contribution >= 0.6 is 15.9 Å². The van der Waals surface area contributed by atoms with E-state index in [4.69, 9.17) is 9.47 Å². The zero-order valence-corrected chi connectivity index (χ0v) is 16.3. The van der Waals surface area contributed by atoms with Gasteiger partial charge >= 0.3 is 6.03 Å². The van der Waals surface area contributed by atoms with Crippen molar-refractivity contribution in [3.8, 4) is 11.5 Å². The summed E-state index contributed by atoms with van der Waals surface area (Å²) in [5.74, 6) is 0.728. The van der Waals surface area contributed by atoms with Crippen molar-refractivity contribution in [2.75, 3.05) is 31.4 Å². The van der Waals surface area contributed by atoms with Crippen LogP contribution in [0.2, 0.25) is 0 Å². The molecule has 0 saturated heterocycles. The maximum absolute atomic E-state index is 12.5. The number of anilines is 2. The molecule has 0 spiro atoms. The molecule has 0 aliphatic carbocycles. The Bertz CT molecular complexity index is 794. The lowest BCUT2D eigenvalue weighted by atomic mass is 10.1. The third-order valence-corrected chi connectivity index (χ3v) is 4.00. The van der Waals surface area contributed by atoms with Gasteiger partial charge in [-0.2, -0.15) is 0 Å². The molecule has 26 heavy (non-hydrogen) atoms. The second-order valence-corrected chi connectivity index (χ2v) is 6.01. The van der Waals surface area contributed by atoms with Crippen LogP contribution in [-0.4, -0.2) is 32.7 Å². The van der Waals surface area contributed by atoms with Gasteiger partial charge in [0.2, 0.25) is 0 Å². The number of carbonyl (C=O) groups excluding carboxylic acids is 2. The molecule has 0 aliphatic rings. The highest BCUT2D eigenvalue weighted by atomic mass is 79.9. The van der Waals surface area contributed by atoms with E-state index in [1.807, 2.05) is 6.92 Å². The van der Waals surface area contributed by atoms with Crippen LogP contribution in [0.1, 0.15) is 17.3 Å². The molecule has 0 radical (unpaired) electrons. The lowest BCUT2D eigenvalue weighted by Crippen LogP contribution is -2.24. The molecule has 2 aromatic rings. The van der Waals surface area contributed by atoms with Gasteiger partial charge in [-0.05, 0) is 59.3 Å². The Hall–Kier alpha value is -2.74. The number of urea groups is 1. The molecule has 3 N–H and O–H groups in total. The second-order valence-electron chi connectivity index (χ2n) is 5.16. The van der Waals surface area contributed by atoms with Crippen molar-refractivity contribution in [1.82, 2.24) is 5.32 Å². The van der Waals surface area contributed by atoms with Gasteiger partial charge in [0.05, 0.1) is 18.2 Å². The number of benzene rings is 2. The van der Waals surface area contributed by atoms with E-state index < -0.39 is 0 Å². The fraction of sp³-hybridized carbons (Fsp3) is 0.222. The molecule has 0 bridgehead atoms. The largest absolute Gasteiger partial charge is 0.493 e. The van der Waals surface area contributed by atoms with Crippen LogP contribution in [0.15, 0.2) is 40.9 Å². The highest BCUT2D eigenvalue weighted by Gasteiger charge is 2.15. The summed E-state index contributed by atoms with van der Waals surface area (Å²) >= 11 is 3.40. The lowest BCUT2D eigenvalue weighted by molar-refractivity contribution is 0.102. The van der Waals surface area contributed by atoms with Crippen LogP contribution in [0.3, 0.4) is 0 Å². The summed E-state index contributed by atoms with van der Waals surface area (Å²) in [5, 5.41) is 7.91. The third kappa shape index (κ3) is 4.89. The lowest BCUT2D eigenvalue weighted by Gasteiger charge is -2.13. The number of rotatable bonds is 6.